The fourth-order valence-corrected chi connectivity index (χ4v) is 3.24. The third-order valence-corrected chi connectivity index (χ3v) is 4.81. The van der Waals surface area contributed by atoms with Gasteiger partial charge < -0.3 is 20.0 Å². The first-order chi connectivity index (χ1) is 13.2. The highest BCUT2D eigenvalue weighted by Gasteiger charge is 2.19. The molecule has 0 amide bonds. The Hall–Kier alpha value is -2.57. The van der Waals surface area contributed by atoms with E-state index in [0.29, 0.717) is 18.0 Å². The van der Waals surface area contributed by atoms with Crippen LogP contribution >= 0.6 is 0 Å². The van der Waals surface area contributed by atoms with E-state index in [9.17, 15) is 5.11 Å². The Labute approximate surface area is 160 Å². The Morgan fingerprint density at radius 2 is 1.81 bits per heavy atom. The minimum atomic E-state index is -0.551. The number of aliphatic hydroxyl groups is 1. The number of piperazine rings is 1. The zero-order chi connectivity index (χ0) is 19.1. The van der Waals surface area contributed by atoms with Crippen molar-refractivity contribution in [1.29, 1.82) is 0 Å². The predicted octanol–water partition coefficient (Wildman–Crippen LogP) is 2.45. The van der Waals surface area contributed by atoms with Crippen LogP contribution in [-0.4, -0.2) is 66.4 Å². The Balaban J connectivity index is 1.43. The van der Waals surface area contributed by atoms with E-state index >= 15 is 0 Å². The van der Waals surface area contributed by atoms with Gasteiger partial charge in [0.15, 0.2) is 0 Å². The van der Waals surface area contributed by atoms with Gasteiger partial charge in [-0.15, -0.1) is 0 Å². The van der Waals surface area contributed by atoms with E-state index in [1.54, 1.807) is 13.0 Å². The monoisotopic (exact) mass is 369 g/mol. The van der Waals surface area contributed by atoms with Gasteiger partial charge in [0.25, 0.3) is 0 Å². The summed E-state index contributed by atoms with van der Waals surface area (Å²) in [6, 6.07) is 17.8. The maximum absolute atomic E-state index is 10.3. The third kappa shape index (κ3) is 5.45. The van der Waals surface area contributed by atoms with Gasteiger partial charge in [0, 0.05) is 44.0 Å². The molecule has 6 heteroatoms. The standard InChI is InChI=1S/C21H27N3O3/c1-17(22-26)18-6-5-9-21(14-18)27-16-20(25)15-23-10-12-24(13-11-23)19-7-3-2-4-8-19/h2-9,14,20,25-26H,10-13,15-16H2,1H3/b22-17-/t20-/m1/s1. The first kappa shape index (κ1) is 19.2. The molecule has 144 valence electrons. The van der Waals surface area contributed by atoms with Gasteiger partial charge in [0.2, 0.25) is 0 Å². The smallest absolute Gasteiger partial charge is 0.120 e. The van der Waals surface area contributed by atoms with Crippen LogP contribution in [0.4, 0.5) is 5.69 Å². The topological polar surface area (TPSA) is 68.5 Å². The molecule has 0 spiro atoms. The summed E-state index contributed by atoms with van der Waals surface area (Å²) >= 11 is 0. The Bertz CT molecular complexity index is 743. The number of hydrogen-bond donors (Lipinski definition) is 2. The molecule has 27 heavy (non-hydrogen) atoms. The Kier molecular flexibility index (Phi) is 6.68. The van der Waals surface area contributed by atoms with Crippen LogP contribution in [0, 0.1) is 0 Å². The van der Waals surface area contributed by atoms with Crippen LogP contribution in [0.2, 0.25) is 0 Å². The number of ether oxygens (including phenoxy) is 1. The van der Waals surface area contributed by atoms with Crippen molar-refractivity contribution in [1.82, 2.24) is 4.90 Å². The maximum atomic E-state index is 10.3. The number of para-hydroxylation sites is 1. The summed E-state index contributed by atoms with van der Waals surface area (Å²) < 4.78 is 5.71. The molecule has 0 radical (unpaired) electrons. The highest BCUT2D eigenvalue weighted by atomic mass is 16.5. The SMILES string of the molecule is C/C(=N/O)c1cccc(OC[C@H](O)CN2CCN(c3ccccc3)CC2)c1. The second kappa shape index (κ2) is 9.39. The summed E-state index contributed by atoms with van der Waals surface area (Å²) in [4.78, 5) is 4.64. The van der Waals surface area contributed by atoms with Crippen molar-refractivity contribution in [2.45, 2.75) is 13.0 Å². The molecule has 0 unspecified atom stereocenters. The molecular weight excluding hydrogens is 342 g/mol. The molecule has 6 nitrogen and oxygen atoms in total. The molecule has 1 heterocycles. The fraction of sp³-hybridized carbons (Fsp3) is 0.381. The summed E-state index contributed by atoms with van der Waals surface area (Å²) in [5, 5.41) is 22.4. The van der Waals surface area contributed by atoms with Crippen LogP contribution < -0.4 is 9.64 Å². The highest BCUT2D eigenvalue weighted by Crippen LogP contribution is 2.17. The van der Waals surface area contributed by atoms with E-state index in [1.165, 1.54) is 5.69 Å². The van der Waals surface area contributed by atoms with Crippen LogP contribution in [0.3, 0.4) is 0 Å². The fourth-order valence-electron chi connectivity index (χ4n) is 3.24. The van der Waals surface area contributed by atoms with Crippen molar-refractivity contribution >= 4 is 11.4 Å². The normalized spacial score (nSPS) is 17.0. The molecule has 0 aromatic heterocycles. The van der Waals surface area contributed by atoms with E-state index in [2.05, 4.69) is 39.2 Å². The number of aliphatic hydroxyl groups excluding tert-OH is 1. The lowest BCUT2D eigenvalue weighted by molar-refractivity contribution is 0.0663. The van der Waals surface area contributed by atoms with Crippen molar-refractivity contribution < 1.29 is 15.1 Å². The van der Waals surface area contributed by atoms with Gasteiger partial charge in [0.05, 0.1) is 5.71 Å². The number of oxime groups is 1. The number of anilines is 1. The van der Waals surface area contributed by atoms with Crippen LogP contribution in [0.5, 0.6) is 5.75 Å². The van der Waals surface area contributed by atoms with E-state index < -0.39 is 6.10 Å². The zero-order valence-electron chi connectivity index (χ0n) is 15.7. The first-order valence-corrected chi connectivity index (χ1v) is 9.28. The molecule has 1 fully saturated rings. The second-order valence-electron chi connectivity index (χ2n) is 6.80. The highest BCUT2D eigenvalue weighted by molar-refractivity contribution is 5.98. The van der Waals surface area contributed by atoms with E-state index in [4.69, 9.17) is 9.94 Å². The van der Waals surface area contributed by atoms with E-state index in [1.807, 2.05) is 24.3 Å². The van der Waals surface area contributed by atoms with Crippen molar-refractivity contribution in [3.05, 3.63) is 60.2 Å². The van der Waals surface area contributed by atoms with Gasteiger partial charge in [0.1, 0.15) is 18.5 Å². The van der Waals surface area contributed by atoms with Crippen molar-refractivity contribution in [2.75, 3.05) is 44.2 Å². The minimum absolute atomic E-state index is 0.234. The molecule has 2 aromatic rings. The number of β-amino-alcohol motifs (C(OH)–C–C–N with tert-alkyl or cyclic N) is 1. The molecule has 0 saturated carbocycles. The minimum Gasteiger partial charge on any atom is -0.491 e. The van der Waals surface area contributed by atoms with Crippen molar-refractivity contribution in [3.63, 3.8) is 0 Å². The summed E-state index contributed by atoms with van der Waals surface area (Å²) in [7, 11) is 0. The summed E-state index contributed by atoms with van der Waals surface area (Å²) in [5.74, 6) is 0.656. The molecule has 0 bridgehead atoms. The van der Waals surface area contributed by atoms with Gasteiger partial charge in [-0.3, -0.25) is 4.90 Å². The van der Waals surface area contributed by atoms with Crippen LogP contribution in [-0.2, 0) is 0 Å². The molecule has 1 aliphatic rings. The van der Waals surface area contributed by atoms with Crippen LogP contribution in [0.15, 0.2) is 59.8 Å². The largest absolute Gasteiger partial charge is 0.491 e. The zero-order valence-corrected chi connectivity index (χ0v) is 15.7. The van der Waals surface area contributed by atoms with Gasteiger partial charge in [-0.2, -0.15) is 0 Å². The molecule has 2 aromatic carbocycles. The summed E-state index contributed by atoms with van der Waals surface area (Å²) in [6.07, 6.45) is -0.551. The quantitative estimate of drug-likeness (QED) is 0.446. The number of benzene rings is 2. The van der Waals surface area contributed by atoms with E-state index in [-0.39, 0.29) is 6.61 Å². The van der Waals surface area contributed by atoms with Crippen LogP contribution in [0.1, 0.15) is 12.5 Å². The molecule has 0 aliphatic carbocycles. The molecule has 1 saturated heterocycles. The van der Waals surface area contributed by atoms with Gasteiger partial charge in [-0.1, -0.05) is 35.5 Å². The first-order valence-electron chi connectivity index (χ1n) is 9.28. The maximum Gasteiger partial charge on any atom is 0.120 e. The molecule has 1 aliphatic heterocycles. The average molecular weight is 369 g/mol. The lowest BCUT2D eigenvalue weighted by Crippen LogP contribution is -2.49. The number of rotatable bonds is 7. The third-order valence-electron chi connectivity index (χ3n) is 4.81. The lowest BCUT2D eigenvalue weighted by Gasteiger charge is -2.36. The van der Waals surface area contributed by atoms with Gasteiger partial charge >= 0.3 is 0 Å². The van der Waals surface area contributed by atoms with E-state index in [0.717, 1.165) is 31.7 Å². The van der Waals surface area contributed by atoms with Gasteiger partial charge in [-0.05, 0) is 31.2 Å². The molecule has 2 N–H and O–H groups in total. The van der Waals surface area contributed by atoms with Crippen molar-refractivity contribution in [3.8, 4) is 5.75 Å². The number of nitrogens with zero attached hydrogens (tertiary/aromatic N) is 3. The Morgan fingerprint density at radius 3 is 2.52 bits per heavy atom. The lowest BCUT2D eigenvalue weighted by atomic mass is 10.1. The Morgan fingerprint density at radius 1 is 1.07 bits per heavy atom. The average Bonchev–Trinajstić information content (AvgIpc) is 2.73. The molecule has 3 rings (SSSR count). The molecular formula is C21H27N3O3. The van der Waals surface area contributed by atoms with Crippen molar-refractivity contribution in [2.24, 2.45) is 5.16 Å². The van der Waals surface area contributed by atoms with Crippen LogP contribution in [0.25, 0.3) is 0 Å². The predicted molar refractivity (Wildman–Crippen MR) is 107 cm³/mol. The summed E-state index contributed by atoms with van der Waals surface area (Å²) in [6.45, 7) is 6.32. The summed E-state index contributed by atoms with van der Waals surface area (Å²) in [5.41, 5.74) is 2.57. The molecule has 1 atom stereocenters. The second-order valence-corrected chi connectivity index (χ2v) is 6.80. The van der Waals surface area contributed by atoms with Gasteiger partial charge in [-0.25, -0.2) is 0 Å². The number of hydrogen-bond acceptors (Lipinski definition) is 6.